The molecule has 18 heavy (non-hydrogen) atoms. The Bertz CT molecular complexity index is 525. The van der Waals surface area contributed by atoms with Gasteiger partial charge in [0.1, 0.15) is 5.52 Å². The predicted molar refractivity (Wildman–Crippen MR) is 73.3 cm³/mol. The molecule has 1 aromatic heterocycles. The lowest BCUT2D eigenvalue weighted by Gasteiger charge is -2.18. The summed E-state index contributed by atoms with van der Waals surface area (Å²) >= 11 is 0. The number of nitrogens with two attached hydrogens (primary N) is 1. The molecule has 0 saturated carbocycles. The van der Waals surface area contributed by atoms with Crippen molar-refractivity contribution in [1.82, 2.24) is 10.3 Å². The first kappa shape index (κ1) is 13.1. The van der Waals surface area contributed by atoms with Gasteiger partial charge in [-0.3, -0.25) is 0 Å². The first-order chi connectivity index (χ1) is 8.44. The molecule has 0 saturated heterocycles. The molecule has 0 spiro atoms. The highest BCUT2D eigenvalue weighted by Gasteiger charge is 2.09. The Balaban J connectivity index is 1.91. The third-order valence-electron chi connectivity index (χ3n) is 2.83. The maximum atomic E-state index is 5.93. The van der Waals surface area contributed by atoms with Crippen LogP contribution < -0.4 is 11.1 Å². The molecule has 98 valence electrons. The summed E-state index contributed by atoms with van der Waals surface area (Å²) in [6.07, 6.45) is 0.957. The molecule has 0 unspecified atom stereocenters. The van der Waals surface area contributed by atoms with E-state index >= 15 is 0 Å². The average Bonchev–Trinajstić information content (AvgIpc) is 2.62. The third-order valence-corrected chi connectivity index (χ3v) is 2.83. The van der Waals surface area contributed by atoms with Crippen LogP contribution in [0.2, 0.25) is 0 Å². The fourth-order valence-electron chi connectivity index (χ4n) is 1.84. The molecule has 1 aromatic carbocycles. The number of benzene rings is 1. The van der Waals surface area contributed by atoms with E-state index in [1.54, 1.807) is 0 Å². The van der Waals surface area contributed by atoms with Gasteiger partial charge in [-0.1, -0.05) is 6.07 Å². The van der Waals surface area contributed by atoms with E-state index in [1.165, 1.54) is 5.56 Å². The van der Waals surface area contributed by atoms with Gasteiger partial charge in [0, 0.05) is 19.0 Å². The van der Waals surface area contributed by atoms with Gasteiger partial charge in [0.05, 0.1) is 0 Å². The van der Waals surface area contributed by atoms with Crippen LogP contribution >= 0.6 is 0 Å². The Morgan fingerprint density at radius 1 is 1.39 bits per heavy atom. The molecule has 0 radical (unpaired) electrons. The molecule has 4 nitrogen and oxygen atoms in total. The summed E-state index contributed by atoms with van der Waals surface area (Å²) < 4.78 is 5.45. The van der Waals surface area contributed by atoms with Crippen molar-refractivity contribution >= 4 is 11.1 Å². The van der Waals surface area contributed by atoms with Crippen molar-refractivity contribution in [3.05, 3.63) is 29.7 Å². The molecule has 0 aliphatic carbocycles. The van der Waals surface area contributed by atoms with Gasteiger partial charge in [-0.05, 0) is 44.5 Å². The molecular formula is C14H21N3O. The normalized spacial score (nSPS) is 12.2. The molecule has 4 heteroatoms. The van der Waals surface area contributed by atoms with Gasteiger partial charge < -0.3 is 15.5 Å². The van der Waals surface area contributed by atoms with Gasteiger partial charge in [-0.25, -0.2) is 4.98 Å². The average molecular weight is 247 g/mol. The zero-order valence-corrected chi connectivity index (χ0v) is 11.3. The Hall–Kier alpha value is -1.39. The van der Waals surface area contributed by atoms with E-state index in [-0.39, 0.29) is 5.54 Å². The molecule has 2 rings (SSSR count). The van der Waals surface area contributed by atoms with Crippen molar-refractivity contribution in [2.45, 2.75) is 39.3 Å². The number of nitrogens with zero attached hydrogens (tertiary/aromatic N) is 1. The second-order valence-electron chi connectivity index (χ2n) is 5.45. The van der Waals surface area contributed by atoms with E-state index < -0.39 is 0 Å². The highest BCUT2D eigenvalue weighted by atomic mass is 16.3. The smallest absolute Gasteiger partial charge is 0.192 e. The summed E-state index contributed by atoms with van der Waals surface area (Å²) in [5.74, 6) is 0.708. The maximum absolute atomic E-state index is 5.93. The summed E-state index contributed by atoms with van der Waals surface area (Å²) in [7, 11) is 0. The molecule has 0 fully saturated rings. The Morgan fingerprint density at radius 2 is 2.17 bits per heavy atom. The fourth-order valence-corrected chi connectivity index (χ4v) is 1.84. The molecule has 0 aliphatic rings. The number of hydrogen-bond donors (Lipinski definition) is 2. The Labute approximate surface area is 108 Å². The van der Waals surface area contributed by atoms with Crippen LogP contribution in [0.4, 0.5) is 0 Å². The molecule has 0 amide bonds. The lowest BCUT2D eigenvalue weighted by molar-refractivity contribution is 0.455. The minimum Gasteiger partial charge on any atom is -0.441 e. The molecular weight excluding hydrogens is 226 g/mol. The SMILES string of the molecule is Cc1nc2cc(CNCCC(C)(C)N)ccc2o1. The maximum Gasteiger partial charge on any atom is 0.192 e. The third kappa shape index (κ3) is 3.55. The van der Waals surface area contributed by atoms with Gasteiger partial charge in [0.2, 0.25) is 0 Å². The van der Waals surface area contributed by atoms with Crippen molar-refractivity contribution in [2.75, 3.05) is 6.54 Å². The molecule has 0 bridgehead atoms. The van der Waals surface area contributed by atoms with Crippen molar-refractivity contribution in [3.8, 4) is 0 Å². The first-order valence-corrected chi connectivity index (χ1v) is 6.30. The van der Waals surface area contributed by atoms with E-state index in [2.05, 4.69) is 22.4 Å². The van der Waals surface area contributed by atoms with E-state index in [1.807, 2.05) is 26.8 Å². The van der Waals surface area contributed by atoms with Gasteiger partial charge in [-0.15, -0.1) is 0 Å². The number of oxazole rings is 1. The summed E-state index contributed by atoms with van der Waals surface area (Å²) in [5.41, 5.74) is 8.80. The van der Waals surface area contributed by atoms with Crippen molar-refractivity contribution < 1.29 is 4.42 Å². The number of aryl methyl sites for hydroxylation is 1. The summed E-state index contributed by atoms with van der Waals surface area (Å²) in [6.45, 7) is 7.69. The number of rotatable bonds is 5. The number of aromatic nitrogens is 1. The van der Waals surface area contributed by atoms with Crippen LogP contribution in [-0.4, -0.2) is 17.1 Å². The van der Waals surface area contributed by atoms with Crippen molar-refractivity contribution in [1.29, 1.82) is 0 Å². The van der Waals surface area contributed by atoms with Crippen LogP contribution in [0.15, 0.2) is 22.6 Å². The van der Waals surface area contributed by atoms with E-state index in [0.29, 0.717) is 5.89 Å². The van der Waals surface area contributed by atoms with Crippen molar-refractivity contribution in [3.63, 3.8) is 0 Å². The zero-order valence-electron chi connectivity index (χ0n) is 11.3. The van der Waals surface area contributed by atoms with E-state index in [0.717, 1.165) is 30.6 Å². The van der Waals surface area contributed by atoms with E-state index in [9.17, 15) is 0 Å². The quantitative estimate of drug-likeness (QED) is 0.796. The highest BCUT2D eigenvalue weighted by Crippen LogP contribution is 2.16. The summed E-state index contributed by atoms with van der Waals surface area (Å²) in [6, 6.07) is 6.10. The predicted octanol–water partition coefficient (Wildman–Crippen LogP) is 2.35. The topological polar surface area (TPSA) is 64.1 Å². The van der Waals surface area contributed by atoms with Crippen LogP contribution in [0.25, 0.3) is 11.1 Å². The number of nitrogens with one attached hydrogen (secondary N) is 1. The van der Waals surface area contributed by atoms with Crippen LogP contribution in [0.3, 0.4) is 0 Å². The molecule has 1 heterocycles. The highest BCUT2D eigenvalue weighted by molar-refractivity contribution is 5.73. The van der Waals surface area contributed by atoms with Crippen molar-refractivity contribution in [2.24, 2.45) is 5.73 Å². The molecule has 2 aromatic rings. The van der Waals surface area contributed by atoms with E-state index in [4.69, 9.17) is 10.2 Å². The second-order valence-corrected chi connectivity index (χ2v) is 5.45. The van der Waals surface area contributed by atoms with Gasteiger partial charge in [-0.2, -0.15) is 0 Å². The Morgan fingerprint density at radius 3 is 2.89 bits per heavy atom. The second kappa shape index (κ2) is 5.08. The van der Waals surface area contributed by atoms with Crippen LogP contribution in [0.1, 0.15) is 31.7 Å². The minimum atomic E-state index is -0.111. The lowest BCUT2D eigenvalue weighted by Crippen LogP contribution is -2.35. The lowest BCUT2D eigenvalue weighted by atomic mass is 10.0. The standard InChI is InChI=1S/C14H21N3O/c1-10-17-12-8-11(4-5-13(12)18-10)9-16-7-6-14(2,3)15/h4-5,8,16H,6-7,9,15H2,1-3H3. The van der Waals surface area contributed by atoms with Crippen LogP contribution in [0, 0.1) is 6.92 Å². The zero-order chi connectivity index (χ0) is 13.2. The number of fused-ring (bicyclic) bond motifs is 1. The summed E-state index contributed by atoms with van der Waals surface area (Å²) in [4.78, 5) is 4.33. The van der Waals surface area contributed by atoms with Gasteiger partial charge in [0.25, 0.3) is 0 Å². The van der Waals surface area contributed by atoms with Crippen LogP contribution in [0.5, 0.6) is 0 Å². The minimum absolute atomic E-state index is 0.111. The largest absolute Gasteiger partial charge is 0.441 e. The molecule has 3 N–H and O–H groups in total. The number of hydrogen-bond acceptors (Lipinski definition) is 4. The summed E-state index contributed by atoms with van der Waals surface area (Å²) in [5, 5.41) is 3.39. The fraction of sp³-hybridized carbons (Fsp3) is 0.500. The first-order valence-electron chi connectivity index (χ1n) is 6.30. The Kier molecular flexibility index (Phi) is 3.68. The monoisotopic (exact) mass is 247 g/mol. The molecule has 0 aliphatic heterocycles. The molecule has 0 atom stereocenters. The van der Waals surface area contributed by atoms with Gasteiger partial charge >= 0.3 is 0 Å². The van der Waals surface area contributed by atoms with Gasteiger partial charge in [0.15, 0.2) is 11.5 Å². The van der Waals surface area contributed by atoms with Crippen LogP contribution in [-0.2, 0) is 6.54 Å².